The molecular weight excluding hydrogens is 206 g/mol. The topological polar surface area (TPSA) is 26.0 Å². The summed E-state index contributed by atoms with van der Waals surface area (Å²) in [5.41, 5.74) is 6.16. The molecule has 3 atom stereocenters. The Balaban J connectivity index is 2.00. The minimum absolute atomic E-state index is 0.476. The molecule has 0 amide bonds. The van der Waals surface area contributed by atoms with Crippen molar-refractivity contribution in [2.24, 2.45) is 23.5 Å². The lowest BCUT2D eigenvalue weighted by atomic mass is 9.72. The van der Waals surface area contributed by atoms with Crippen LogP contribution in [0.5, 0.6) is 0 Å². The summed E-state index contributed by atoms with van der Waals surface area (Å²) in [7, 11) is 0. The Morgan fingerprint density at radius 2 is 1.71 bits per heavy atom. The zero-order chi connectivity index (χ0) is 12.1. The predicted molar refractivity (Wildman–Crippen MR) is 74.8 cm³/mol. The van der Waals surface area contributed by atoms with Gasteiger partial charge in [0.2, 0.25) is 0 Å². The van der Waals surface area contributed by atoms with Crippen LogP contribution in [0.3, 0.4) is 0 Å². The van der Waals surface area contributed by atoms with Crippen LogP contribution in [0.2, 0.25) is 0 Å². The average Bonchev–Trinajstić information content (AvgIpc) is 2.80. The smallest absolute Gasteiger partial charge is 0.00389 e. The lowest BCUT2D eigenvalue weighted by Crippen LogP contribution is -2.29. The quantitative estimate of drug-likeness (QED) is 0.726. The first-order valence-corrected chi connectivity index (χ1v) is 7.67. The van der Waals surface area contributed by atoms with E-state index in [-0.39, 0.29) is 0 Å². The van der Waals surface area contributed by atoms with Crippen molar-refractivity contribution in [1.29, 1.82) is 0 Å². The normalized spacial score (nSPS) is 36.4. The second-order valence-corrected chi connectivity index (χ2v) is 6.26. The van der Waals surface area contributed by atoms with Gasteiger partial charge in [0.25, 0.3) is 0 Å². The molecular formula is C16H29N. The number of hydrogen-bond donors (Lipinski definition) is 1. The first-order valence-electron chi connectivity index (χ1n) is 7.67. The van der Waals surface area contributed by atoms with Gasteiger partial charge in [0.05, 0.1) is 0 Å². The monoisotopic (exact) mass is 235 g/mol. The van der Waals surface area contributed by atoms with Crippen molar-refractivity contribution in [1.82, 2.24) is 0 Å². The molecule has 0 aromatic rings. The summed E-state index contributed by atoms with van der Waals surface area (Å²) in [6.07, 6.45) is 15.9. The Bertz CT molecular complexity index is 230. The Morgan fingerprint density at radius 3 is 2.41 bits per heavy atom. The lowest BCUT2D eigenvalue weighted by molar-refractivity contribution is 0.177. The van der Waals surface area contributed by atoms with E-state index in [1.54, 1.807) is 0 Å². The first kappa shape index (κ1) is 13.1. The van der Waals surface area contributed by atoms with E-state index in [0.29, 0.717) is 6.04 Å². The highest BCUT2D eigenvalue weighted by atomic mass is 14.6. The lowest BCUT2D eigenvalue weighted by Gasteiger charge is -2.34. The summed E-state index contributed by atoms with van der Waals surface area (Å²) in [6.45, 7) is 3.96. The van der Waals surface area contributed by atoms with Gasteiger partial charge < -0.3 is 5.73 Å². The van der Waals surface area contributed by atoms with Crippen molar-refractivity contribution in [2.75, 3.05) is 0 Å². The van der Waals surface area contributed by atoms with Crippen molar-refractivity contribution in [2.45, 2.75) is 70.3 Å². The summed E-state index contributed by atoms with van der Waals surface area (Å²) in [5, 5.41) is 0. The molecule has 1 nitrogen and oxygen atoms in total. The van der Waals surface area contributed by atoms with Crippen molar-refractivity contribution < 1.29 is 0 Å². The van der Waals surface area contributed by atoms with Crippen molar-refractivity contribution in [3.63, 3.8) is 0 Å². The largest absolute Gasteiger partial charge is 0.328 e. The van der Waals surface area contributed by atoms with E-state index in [2.05, 4.69) is 12.7 Å². The Kier molecular flexibility index (Phi) is 5.09. The van der Waals surface area contributed by atoms with Crippen LogP contribution in [0.4, 0.5) is 0 Å². The van der Waals surface area contributed by atoms with Crippen LogP contribution in [0, 0.1) is 17.8 Å². The van der Waals surface area contributed by atoms with Crippen LogP contribution in [0.15, 0.2) is 12.7 Å². The molecule has 2 aliphatic rings. The third-order valence-electron chi connectivity index (χ3n) is 5.10. The maximum Gasteiger partial charge on any atom is 0.00389 e. The molecule has 0 radical (unpaired) electrons. The molecule has 17 heavy (non-hydrogen) atoms. The molecule has 3 unspecified atom stereocenters. The Labute approximate surface area is 107 Å². The number of nitrogens with two attached hydrogens (primary N) is 1. The maximum atomic E-state index is 6.16. The highest BCUT2D eigenvalue weighted by Crippen LogP contribution is 2.42. The predicted octanol–water partition coefficient (Wildman–Crippen LogP) is 4.28. The summed E-state index contributed by atoms with van der Waals surface area (Å²) in [6, 6.07) is 0.476. The third kappa shape index (κ3) is 3.58. The summed E-state index contributed by atoms with van der Waals surface area (Å²) in [5.74, 6) is 2.86. The number of hydrogen-bond acceptors (Lipinski definition) is 1. The minimum atomic E-state index is 0.476. The van der Waals surface area contributed by atoms with Crippen LogP contribution < -0.4 is 5.73 Å². The van der Waals surface area contributed by atoms with Crippen LogP contribution in [-0.4, -0.2) is 6.04 Å². The number of allylic oxidation sites excluding steroid dienone is 1. The first-order chi connectivity index (χ1) is 8.31. The molecule has 1 heteroatoms. The number of rotatable bonds is 3. The Hall–Kier alpha value is -0.300. The van der Waals surface area contributed by atoms with Gasteiger partial charge in [-0.2, -0.15) is 0 Å². The van der Waals surface area contributed by atoms with E-state index in [1.807, 2.05) is 0 Å². The fraction of sp³-hybridized carbons (Fsp3) is 0.875. The third-order valence-corrected chi connectivity index (χ3v) is 5.10. The van der Waals surface area contributed by atoms with Gasteiger partial charge in [-0.05, 0) is 49.9 Å². The molecule has 98 valence electrons. The van der Waals surface area contributed by atoms with Gasteiger partial charge in [-0.25, -0.2) is 0 Å². The zero-order valence-electron chi connectivity index (χ0n) is 11.2. The minimum Gasteiger partial charge on any atom is -0.328 e. The Morgan fingerprint density at radius 1 is 0.941 bits per heavy atom. The van der Waals surface area contributed by atoms with Crippen LogP contribution in [0.1, 0.15) is 64.2 Å². The van der Waals surface area contributed by atoms with Crippen LogP contribution in [-0.2, 0) is 0 Å². The highest BCUT2D eigenvalue weighted by molar-refractivity contribution is 4.87. The highest BCUT2D eigenvalue weighted by Gasteiger charge is 2.31. The van der Waals surface area contributed by atoms with Gasteiger partial charge in [-0.1, -0.05) is 38.2 Å². The van der Waals surface area contributed by atoms with E-state index in [1.165, 1.54) is 64.2 Å². The van der Waals surface area contributed by atoms with Crippen molar-refractivity contribution >= 4 is 0 Å². The molecule has 2 rings (SSSR count). The van der Waals surface area contributed by atoms with E-state index >= 15 is 0 Å². The summed E-state index contributed by atoms with van der Waals surface area (Å²) < 4.78 is 0. The summed E-state index contributed by atoms with van der Waals surface area (Å²) >= 11 is 0. The second kappa shape index (κ2) is 6.58. The molecule has 0 aliphatic heterocycles. The van der Waals surface area contributed by atoms with Crippen molar-refractivity contribution in [3.8, 4) is 0 Å². The standard InChI is InChI=1S/C16H29N/c1-2-6-13-9-5-10-15(17)11-12-16(13)14-7-3-4-8-14/h2,13-16H,1,3-12,17H2. The molecule has 0 bridgehead atoms. The van der Waals surface area contributed by atoms with Crippen LogP contribution >= 0.6 is 0 Å². The fourth-order valence-corrected chi connectivity index (χ4v) is 4.16. The van der Waals surface area contributed by atoms with Gasteiger partial charge in [-0.15, -0.1) is 6.58 Å². The van der Waals surface area contributed by atoms with Crippen molar-refractivity contribution in [3.05, 3.63) is 12.7 Å². The molecule has 2 saturated carbocycles. The SMILES string of the molecule is C=CCC1CCCC(N)CCC1C1CCCC1. The average molecular weight is 235 g/mol. The van der Waals surface area contributed by atoms with E-state index in [4.69, 9.17) is 5.73 Å². The van der Waals surface area contributed by atoms with Gasteiger partial charge in [0.1, 0.15) is 0 Å². The molecule has 0 aromatic heterocycles. The van der Waals surface area contributed by atoms with Gasteiger partial charge in [0.15, 0.2) is 0 Å². The van der Waals surface area contributed by atoms with Gasteiger partial charge in [-0.3, -0.25) is 0 Å². The van der Waals surface area contributed by atoms with E-state index in [9.17, 15) is 0 Å². The summed E-state index contributed by atoms with van der Waals surface area (Å²) in [4.78, 5) is 0. The molecule has 2 fully saturated rings. The molecule has 0 spiro atoms. The van der Waals surface area contributed by atoms with E-state index < -0.39 is 0 Å². The van der Waals surface area contributed by atoms with Gasteiger partial charge in [0, 0.05) is 6.04 Å². The van der Waals surface area contributed by atoms with Gasteiger partial charge >= 0.3 is 0 Å². The molecule has 0 saturated heterocycles. The van der Waals surface area contributed by atoms with E-state index in [0.717, 1.165) is 17.8 Å². The van der Waals surface area contributed by atoms with Crippen LogP contribution in [0.25, 0.3) is 0 Å². The zero-order valence-corrected chi connectivity index (χ0v) is 11.2. The fourth-order valence-electron chi connectivity index (χ4n) is 4.16. The molecule has 0 heterocycles. The second-order valence-electron chi connectivity index (χ2n) is 6.26. The molecule has 2 aliphatic carbocycles. The maximum absolute atomic E-state index is 6.16. The molecule has 2 N–H and O–H groups in total. The molecule has 0 aromatic carbocycles.